The van der Waals surface area contributed by atoms with Crippen LogP contribution in [0.3, 0.4) is 0 Å². The molecule has 13 aromatic carbocycles. The van der Waals surface area contributed by atoms with Gasteiger partial charge in [0.2, 0.25) is 0 Å². The van der Waals surface area contributed by atoms with Gasteiger partial charge in [-0.05, 0) is 173 Å². The molecule has 0 unspecified atom stereocenters. The van der Waals surface area contributed by atoms with Gasteiger partial charge in [-0.15, -0.1) is 0 Å². The molecule has 0 radical (unpaired) electrons. The first kappa shape index (κ1) is 54.6. The minimum absolute atomic E-state index is 0.318. The molecule has 0 bridgehead atoms. The average Bonchev–Trinajstić information content (AvgIpc) is 1.56. The van der Waals surface area contributed by atoms with E-state index in [-0.39, 0.29) is 0 Å². The van der Waals surface area contributed by atoms with Crippen LogP contribution < -0.4 is 9.80 Å². The van der Waals surface area contributed by atoms with Crippen molar-refractivity contribution >= 4 is 77.7 Å². The van der Waals surface area contributed by atoms with Crippen LogP contribution in [0.5, 0.6) is 0 Å². The van der Waals surface area contributed by atoms with Gasteiger partial charge in [0.15, 0.2) is 0 Å². The Hall–Kier alpha value is -12.8. The van der Waals surface area contributed by atoms with Gasteiger partial charge in [0, 0.05) is 102 Å². The fourth-order valence-corrected chi connectivity index (χ4v) is 13.4. The van der Waals surface area contributed by atoms with Crippen molar-refractivity contribution in [2.75, 3.05) is 9.80 Å². The summed E-state index contributed by atoms with van der Waals surface area (Å²) in [6.45, 7) is 0. The number of hydrogen-bond donors (Lipinski definition) is 0. The van der Waals surface area contributed by atoms with Crippen LogP contribution in [0.1, 0.15) is 11.1 Å². The minimum atomic E-state index is 0.318. The van der Waals surface area contributed by atoms with Crippen molar-refractivity contribution in [1.29, 1.82) is 10.5 Å². The second kappa shape index (κ2) is 23.4. The van der Waals surface area contributed by atoms with Gasteiger partial charge >= 0.3 is 0 Å². The van der Waals surface area contributed by atoms with Crippen LogP contribution in [0.4, 0.5) is 34.1 Å². The van der Waals surface area contributed by atoms with Crippen molar-refractivity contribution in [2.24, 2.45) is 0 Å². The summed E-state index contributed by atoms with van der Waals surface area (Å²) in [5.41, 5.74) is 23.2. The number of aromatic nitrogens is 3. The molecule has 0 N–H and O–H groups in total. The summed E-state index contributed by atoms with van der Waals surface area (Å²) >= 11 is 0. The Bertz CT molecular complexity index is 5110. The van der Waals surface area contributed by atoms with E-state index >= 15 is 0 Å². The zero-order chi connectivity index (χ0) is 61.5. The van der Waals surface area contributed by atoms with Gasteiger partial charge < -0.3 is 18.9 Å². The molecule has 0 atom stereocenters. The lowest BCUT2D eigenvalue weighted by molar-refractivity contribution is 1.18. The predicted molar refractivity (Wildman–Crippen MR) is 379 cm³/mol. The topological polar surface area (TPSA) is 76.8 Å². The number of hydrogen-bond acceptors (Lipinski definition) is 5. The highest BCUT2D eigenvalue weighted by atomic mass is 15.1. The first-order valence-electron chi connectivity index (χ1n) is 30.8. The van der Waals surface area contributed by atoms with Crippen LogP contribution in [-0.4, -0.2) is 14.1 Å². The van der Waals surface area contributed by atoms with Crippen LogP contribution >= 0.6 is 0 Å². The van der Waals surface area contributed by atoms with E-state index in [9.17, 15) is 10.5 Å². The summed E-state index contributed by atoms with van der Waals surface area (Å²) in [5.74, 6) is 0. The molecule has 3 heterocycles. The highest BCUT2D eigenvalue weighted by Gasteiger charge is 2.23. The Kier molecular flexibility index (Phi) is 13.9. The van der Waals surface area contributed by atoms with Gasteiger partial charge in [0.05, 0.1) is 33.2 Å². The summed E-state index contributed by atoms with van der Waals surface area (Å²) in [4.78, 5) is 9.48. The molecular weight excluding hydrogens is 1120 g/mol. The summed E-state index contributed by atoms with van der Waals surface area (Å²) < 4.78 is 4.67. The van der Waals surface area contributed by atoms with Crippen molar-refractivity contribution in [3.8, 4) is 79.1 Å². The molecule has 0 saturated carbocycles. The van der Waals surface area contributed by atoms with Crippen molar-refractivity contribution in [3.63, 3.8) is 0 Å². The summed E-state index contributed by atoms with van der Waals surface area (Å²) in [6.07, 6.45) is 3.76. The minimum Gasteiger partial charge on any atom is -0.311 e. The largest absolute Gasteiger partial charge is 0.311 e. The molecule has 0 aliphatic carbocycles. The number of rotatable bonds is 13. The Labute approximate surface area is 533 Å². The lowest BCUT2D eigenvalue weighted by atomic mass is 9.86. The Balaban J connectivity index is 0.736. The average molecular weight is 1170 g/mol. The monoisotopic (exact) mass is 1170 g/mol. The molecule has 0 spiro atoms. The van der Waals surface area contributed by atoms with Crippen LogP contribution in [0, 0.1) is 22.7 Å². The highest BCUT2D eigenvalue weighted by molar-refractivity contribution is 6.12. The smallest absolute Gasteiger partial charge is 0.101 e. The molecule has 0 amide bonds. The maximum Gasteiger partial charge on any atom is 0.101 e. The van der Waals surface area contributed by atoms with Crippen molar-refractivity contribution in [1.82, 2.24) is 14.1 Å². The van der Waals surface area contributed by atoms with Gasteiger partial charge in [-0.1, -0.05) is 182 Å². The summed E-state index contributed by atoms with van der Waals surface area (Å²) in [7, 11) is 0. The number of para-hydroxylation sites is 6. The van der Waals surface area contributed by atoms with Crippen LogP contribution in [0.25, 0.3) is 111 Å². The van der Waals surface area contributed by atoms with E-state index in [1.807, 2.05) is 48.8 Å². The first-order valence-corrected chi connectivity index (χ1v) is 30.8. The van der Waals surface area contributed by atoms with E-state index in [4.69, 9.17) is 4.98 Å². The maximum atomic E-state index is 10.8. The number of nitrogens with zero attached hydrogens (tertiary/aromatic N) is 7. The van der Waals surface area contributed by atoms with Crippen molar-refractivity contribution in [3.05, 3.63) is 345 Å². The van der Waals surface area contributed by atoms with Crippen LogP contribution in [-0.2, 0) is 0 Å². The fraction of sp³-hybridized carbons (Fsp3) is 0. The van der Waals surface area contributed by atoms with E-state index in [0.717, 1.165) is 139 Å². The standard InChI is InChI=1S/C85H55N7/c86-54-64-18-17-29-75(78(64)55-87)85-79(60-36-46-71(47-37-60)91-81-30-15-13-27-73(81)76-52-62(40-50-83(76)91)58-32-42-69(43-33-58)89(65-19-5-1-6-20-65)66-21-7-2-8-22-66)56-88-57-80(85)61-38-48-72(49-39-61)92-82-31-16-14-28-74(82)77-53-63(41-51-84(77)92)59-34-44-70(45-35-59)90(67-23-9-3-10-24-67)68-25-11-4-12-26-68/h1-53,56-57H. The lowest BCUT2D eigenvalue weighted by Crippen LogP contribution is -2.09. The third-order valence-corrected chi connectivity index (χ3v) is 17.7. The van der Waals surface area contributed by atoms with Crippen LogP contribution in [0.2, 0.25) is 0 Å². The van der Waals surface area contributed by atoms with E-state index < -0.39 is 0 Å². The molecule has 0 aliphatic rings. The number of nitriles is 2. The van der Waals surface area contributed by atoms with Crippen LogP contribution in [0.15, 0.2) is 334 Å². The molecule has 0 aliphatic heterocycles. The summed E-state index contributed by atoms with van der Waals surface area (Å²) in [5, 5.41) is 25.8. The number of benzene rings is 13. The molecule has 92 heavy (non-hydrogen) atoms. The highest BCUT2D eigenvalue weighted by Crippen LogP contribution is 2.45. The second-order valence-corrected chi connectivity index (χ2v) is 22.9. The Morgan fingerprint density at radius 3 is 1.01 bits per heavy atom. The maximum absolute atomic E-state index is 10.8. The third kappa shape index (κ3) is 9.68. The Morgan fingerprint density at radius 1 is 0.272 bits per heavy atom. The SMILES string of the molecule is N#Cc1cccc(-c2c(-c3ccc(-n4c5ccccc5c5cc(-c6ccc(N(c7ccccc7)c7ccccc7)cc6)ccc54)cc3)cncc2-c2ccc(-n3c4ccccc4c4cc(-c5ccc(N(c6ccccc6)c6ccccc6)cc5)ccc43)cc2)c1C#N. The van der Waals surface area contributed by atoms with Crippen molar-refractivity contribution < 1.29 is 0 Å². The van der Waals surface area contributed by atoms with E-state index in [1.165, 1.54) is 0 Å². The molecule has 16 aromatic rings. The zero-order valence-electron chi connectivity index (χ0n) is 49.9. The zero-order valence-corrected chi connectivity index (χ0v) is 49.9. The van der Waals surface area contributed by atoms with E-state index in [1.54, 1.807) is 6.07 Å². The quantitative estimate of drug-likeness (QED) is 0.115. The van der Waals surface area contributed by atoms with Gasteiger partial charge in [-0.2, -0.15) is 10.5 Å². The third-order valence-electron chi connectivity index (χ3n) is 17.7. The molecule has 7 heteroatoms. The molecule has 16 rings (SSSR count). The number of fused-ring (bicyclic) bond motifs is 6. The fourth-order valence-electron chi connectivity index (χ4n) is 13.4. The number of anilines is 6. The molecule has 7 nitrogen and oxygen atoms in total. The first-order chi connectivity index (χ1) is 45.6. The second-order valence-electron chi connectivity index (χ2n) is 22.9. The predicted octanol–water partition coefficient (Wildman–Crippen LogP) is 22.3. The van der Waals surface area contributed by atoms with Crippen molar-refractivity contribution in [2.45, 2.75) is 0 Å². The molecular formula is C85H55N7. The van der Waals surface area contributed by atoms with Gasteiger partial charge in [-0.3, -0.25) is 4.98 Å². The number of pyridine rings is 1. The molecule has 3 aromatic heterocycles. The van der Waals surface area contributed by atoms with E-state index in [2.05, 4.69) is 310 Å². The van der Waals surface area contributed by atoms with Gasteiger partial charge in [-0.25, -0.2) is 0 Å². The summed E-state index contributed by atoms with van der Waals surface area (Å²) in [6, 6.07) is 118. The Morgan fingerprint density at radius 2 is 0.620 bits per heavy atom. The van der Waals surface area contributed by atoms with E-state index in [0.29, 0.717) is 16.7 Å². The molecule has 0 fully saturated rings. The lowest BCUT2D eigenvalue weighted by Gasteiger charge is -2.25. The van der Waals surface area contributed by atoms with Gasteiger partial charge in [0.1, 0.15) is 12.1 Å². The van der Waals surface area contributed by atoms with Gasteiger partial charge in [0.25, 0.3) is 0 Å². The molecule has 430 valence electrons. The normalized spacial score (nSPS) is 11.2. The molecule has 0 saturated heterocycles.